The van der Waals surface area contributed by atoms with Crippen LogP contribution in [0.4, 0.5) is 24.5 Å². The second kappa shape index (κ2) is 20.4. The van der Waals surface area contributed by atoms with Crippen LogP contribution < -0.4 is 9.80 Å². The maximum Gasteiger partial charge on any atom is 0.467 e. The quantitative estimate of drug-likeness (QED) is 0.146. The number of rotatable bonds is 14. The molecule has 2 aliphatic heterocycles. The molecular weight excluding hydrogens is 919 g/mol. The minimum absolute atomic E-state index is 0.141. The summed E-state index contributed by atoms with van der Waals surface area (Å²) in [6.07, 6.45) is 4.24. The average molecular weight is 991 g/mol. The van der Waals surface area contributed by atoms with Gasteiger partial charge in [0.1, 0.15) is 0 Å². The number of nitrogens with zero attached hydrogens (tertiary/aromatic N) is 5. The zero-order valence-corrected chi connectivity index (χ0v) is 43.2. The molecule has 1 unspecified atom stereocenters. The van der Waals surface area contributed by atoms with Gasteiger partial charge in [0.05, 0.1) is 43.8 Å². The standard InChI is InChI=1S/C51H71ClF3N5O5S2/c1-11-41(23-25-56-30-32-65-33-31-56)59(48(2,3)4)45-34-43(20-21-46(45)66(10,62)51(53,54)55)67(63,64)60(49(5,6)7)47(61)38-14-18-42(19-15-38)58-28-26-57(27-29-58)36-39-35-50(8,9)24-22-44(39)37-12-16-40(52)17-13-37/h12-21,34,41H,10-11,22-33,35-36H2,1-9H3/t41-,66?/m0/s1. The molecule has 67 heavy (non-hydrogen) atoms. The summed E-state index contributed by atoms with van der Waals surface area (Å²) in [5, 5.41) is 0.727. The summed E-state index contributed by atoms with van der Waals surface area (Å²) in [7, 11) is -9.69. The first-order valence-corrected chi connectivity index (χ1v) is 27.0. The van der Waals surface area contributed by atoms with Crippen molar-refractivity contribution in [2.45, 2.75) is 127 Å². The average Bonchev–Trinajstić information content (AvgIpc) is 3.24. The second-order valence-electron chi connectivity index (χ2n) is 21.1. The van der Waals surface area contributed by atoms with Crippen molar-refractivity contribution in [3.63, 3.8) is 0 Å². The Balaban J connectivity index is 1.26. The van der Waals surface area contributed by atoms with Crippen LogP contribution in [0.2, 0.25) is 5.02 Å². The van der Waals surface area contributed by atoms with E-state index in [-0.39, 0.29) is 22.7 Å². The van der Waals surface area contributed by atoms with Gasteiger partial charge < -0.3 is 14.5 Å². The molecule has 10 nitrogen and oxygen atoms in total. The third-order valence-electron chi connectivity index (χ3n) is 13.3. The van der Waals surface area contributed by atoms with Crippen molar-refractivity contribution < 1.29 is 35.3 Å². The molecule has 0 radical (unpaired) electrons. The second-order valence-corrected chi connectivity index (χ2v) is 25.6. The first-order valence-electron chi connectivity index (χ1n) is 23.4. The number of morpholine rings is 1. The van der Waals surface area contributed by atoms with Gasteiger partial charge in [-0.2, -0.15) is 13.2 Å². The minimum atomic E-state index is -5.22. The molecule has 16 heteroatoms. The number of amides is 1. The van der Waals surface area contributed by atoms with Gasteiger partial charge in [0.2, 0.25) is 0 Å². The molecule has 2 saturated heterocycles. The highest BCUT2D eigenvalue weighted by atomic mass is 35.5. The Bertz CT molecular complexity index is 2470. The fourth-order valence-corrected chi connectivity index (χ4v) is 12.8. The largest absolute Gasteiger partial charge is 0.467 e. The van der Waals surface area contributed by atoms with Crippen LogP contribution in [0.5, 0.6) is 0 Å². The van der Waals surface area contributed by atoms with Crippen molar-refractivity contribution in [1.29, 1.82) is 0 Å². The molecule has 1 amide bonds. The van der Waals surface area contributed by atoms with Crippen LogP contribution >= 0.6 is 11.6 Å². The summed E-state index contributed by atoms with van der Waals surface area (Å²) in [4.78, 5) is 22.3. The van der Waals surface area contributed by atoms with E-state index in [1.54, 1.807) is 37.8 Å². The van der Waals surface area contributed by atoms with Crippen LogP contribution in [0.3, 0.4) is 0 Å². The lowest BCUT2D eigenvalue weighted by atomic mass is 9.73. The maximum atomic E-state index is 14.9. The van der Waals surface area contributed by atoms with E-state index in [0.717, 1.165) is 85.2 Å². The van der Waals surface area contributed by atoms with Crippen LogP contribution in [0, 0.1) is 5.41 Å². The minimum Gasteiger partial charge on any atom is -0.379 e. The number of allylic oxidation sites excluding steroid dienone is 1. The Morgan fingerprint density at radius 1 is 0.851 bits per heavy atom. The lowest BCUT2D eigenvalue weighted by Gasteiger charge is -2.45. The smallest absolute Gasteiger partial charge is 0.379 e. The zero-order chi connectivity index (χ0) is 49.3. The van der Waals surface area contributed by atoms with Crippen molar-refractivity contribution >= 4 is 59.9 Å². The molecule has 2 atom stereocenters. The lowest BCUT2D eigenvalue weighted by molar-refractivity contribution is -0.0392. The molecule has 0 aromatic heterocycles. The number of carbonyl (C=O) groups is 1. The van der Waals surface area contributed by atoms with Crippen LogP contribution in [0.15, 0.2) is 82.1 Å². The van der Waals surface area contributed by atoms with E-state index in [1.807, 2.05) is 52.0 Å². The zero-order valence-electron chi connectivity index (χ0n) is 40.8. The van der Waals surface area contributed by atoms with E-state index < -0.39 is 51.8 Å². The molecule has 0 N–H and O–H groups in total. The number of piperazine rings is 1. The van der Waals surface area contributed by atoms with Crippen LogP contribution in [0.25, 0.3) is 5.57 Å². The van der Waals surface area contributed by atoms with Crippen molar-refractivity contribution in [3.05, 3.63) is 88.5 Å². The van der Waals surface area contributed by atoms with Gasteiger partial charge in [0.15, 0.2) is 0 Å². The highest BCUT2D eigenvalue weighted by molar-refractivity contribution is 8.01. The van der Waals surface area contributed by atoms with Crippen molar-refractivity contribution in [2.24, 2.45) is 5.41 Å². The number of benzene rings is 3. The van der Waals surface area contributed by atoms with Gasteiger partial charge in [-0.3, -0.25) is 18.8 Å². The molecule has 0 saturated carbocycles. The van der Waals surface area contributed by atoms with Gasteiger partial charge in [-0.05, 0) is 151 Å². The number of hydrogen-bond donors (Lipinski definition) is 0. The van der Waals surface area contributed by atoms with E-state index >= 15 is 0 Å². The van der Waals surface area contributed by atoms with Gasteiger partial charge >= 0.3 is 5.51 Å². The monoisotopic (exact) mass is 989 g/mol. The van der Waals surface area contributed by atoms with Gasteiger partial charge in [-0.25, -0.2) is 12.7 Å². The Hall–Kier alpha value is -3.60. The predicted octanol–water partition coefficient (Wildman–Crippen LogP) is 10.5. The first-order chi connectivity index (χ1) is 31.1. The van der Waals surface area contributed by atoms with E-state index in [9.17, 15) is 30.6 Å². The molecule has 3 aliphatic rings. The lowest BCUT2D eigenvalue weighted by Crippen LogP contribution is -2.51. The normalized spacial score (nSPS) is 19.5. The van der Waals surface area contributed by atoms with Crippen LogP contribution in [-0.4, -0.2) is 127 Å². The molecule has 6 rings (SSSR count). The fourth-order valence-electron chi connectivity index (χ4n) is 9.84. The first kappa shape index (κ1) is 52.8. The molecule has 3 aromatic rings. The number of anilines is 2. The number of halogens is 4. The fraction of sp³-hybridized carbons (Fsp3) is 0.569. The highest BCUT2D eigenvalue weighted by Gasteiger charge is 2.46. The summed E-state index contributed by atoms with van der Waals surface area (Å²) in [6.45, 7) is 24.2. The Labute approximate surface area is 403 Å². The number of alkyl halides is 3. The maximum absolute atomic E-state index is 14.9. The van der Waals surface area contributed by atoms with Crippen LogP contribution in [0.1, 0.15) is 110 Å². The highest BCUT2D eigenvalue weighted by Crippen LogP contribution is 2.44. The Kier molecular flexibility index (Phi) is 16.1. The summed E-state index contributed by atoms with van der Waals surface area (Å²) < 4.78 is 93.8. The van der Waals surface area contributed by atoms with E-state index in [4.69, 9.17) is 16.3 Å². The van der Waals surface area contributed by atoms with Crippen molar-refractivity contribution in [3.8, 4) is 0 Å². The topological polar surface area (TPSA) is 93.7 Å². The van der Waals surface area contributed by atoms with Gasteiger partial charge in [0, 0.05) is 80.2 Å². The van der Waals surface area contributed by atoms with Gasteiger partial charge in [-0.1, -0.05) is 50.1 Å². The third kappa shape index (κ3) is 12.2. The summed E-state index contributed by atoms with van der Waals surface area (Å²) in [5.74, 6) is 2.41. The Morgan fingerprint density at radius 3 is 2.01 bits per heavy atom. The third-order valence-corrected chi connectivity index (χ3v) is 17.4. The molecule has 2 heterocycles. The van der Waals surface area contributed by atoms with E-state index in [0.29, 0.717) is 45.7 Å². The summed E-state index contributed by atoms with van der Waals surface area (Å²) in [5.41, 5.74) is -2.12. The molecular formula is C51H71ClF3N5O5S2. The molecule has 370 valence electrons. The summed E-state index contributed by atoms with van der Waals surface area (Å²) >= 11 is 6.22. The molecule has 1 aliphatic carbocycles. The van der Waals surface area contributed by atoms with E-state index in [1.165, 1.54) is 16.7 Å². The predicted molar refractivity (Wildman–Crippen MR) is 268 cm³/mol. The van der Waals surface area contributed by atoms with Gasteiger partial charge in [0.25, 0.3) is 15.9 Å². The molecule has 2 fully saturated rings. The molecule has 0 bridgehead atoms. The Morgan fingerprint density at radius 2 is 1.46 bits per heavy atom. The number of carbonyl (C=O) groups excluding carboxylic acids is 1. The summed E-state index contributed by atoms with van der Waals surface area (Å²) in [6, 6.07) is 17.8. The molecule has 0 spiro atoms. The molecule has 3 aromatic carbocycles. The van der Waals surface area contributed by atoms with E-state index in [2.05, 4.69) is 46.6 Å². The number of ether oxygens (including phenoxy) is 1. The SMILES string of the molecule is C=S(=O)(c1ccc(S(=O)(=O)N(C(=O)c2ccc(N3CCN(CC4=C(c5ccc(Cl)cc5)CCC(C)(C)C4)CC3)cc2)C(C)(C)C)cc1N([C@@H](CC)CCN1CCOCC1)C(C)(C)C)C(F)(F)F. The van der Waals surface area contributed by atoms with Crippen molar-refractivity contribution in [1.82, 2.24) is 14.1 Å². The van der Waals surface area contributed by atoms with Crippen LogP contribution in [-0.2, 0) is 24.3 Å². The van der Waals surface area contributed by atoms with Crippen molar-refractivity contribution in [2.75, 3.05) is 75.4 Å². The number of hydrogen-bond acceptors (Lipinski definition) is 9. The number of sulfonamides is 1. The van der Waals surface area contributed by atoms with Gasteiger partial charge in [-0.15, -0.1) is 0 Å².